The Bertz CT molecular complexity index is 1290. The fourth-order valence-corrected chi connectivity index (χ4v) is 4.24. The van der Waals surface area contributed by atoms with Crippen LogP contribution in [0.3, 0.4) is 0 Å². The summed E-state index contributed by atoms with van der Waals surface area (Å²) in [5, 5.41) is 12.0. The van der Waals surface area contributed by atoms with Crippen molar-refractivity contribution in [2.24, 2.45) is 0 Å². The summed E-state index contributed by atoms with van der Waals surface area (Å²) in [7, 11) is 4.33. The molecule has 0 aliphatic rings. The molecule has 0 bridgehead atoms. The number of hydrogen-bond acceptors (Lipinski definition) is 7. The van der Waals surface area contributed by atoms with Gasteiger partial charge in [0.25, 0.3) is 5.91 Å². The van der Waals surface area contributed by atoms with Crippen LogP contribution in [0.2, 0.25) is 0 Å². The molecule has 0 spiro atoms. The lowest BCUT2D eigenvalue weighted by Gasteiger charge is -2.18. The van der Waals surface area contributed by atoms with E-state index in [2.05, 4.69) is 27.3 Å². The van der Waals surface area contributed by atoms with Crippen LogP contribution in [0.5, 0.6) is 17.2 Å². The smallest absolute Gasteiger partial charge is 0.328 e. The number of amides is 1. The lowest BCUT2D eigenvalue weighted by molar-refractivity contribution is -0.142. The van der Waals surface area contributed by atoms with E-state index < -0.39 is 17.9 Å². The second-order valence-electron chi connectivity index (χ2n) is 7.89. The van der Waals surface area contributed by atoms with E-state index in [0.29, 0.717) is 45.0 Å². The van der Waals surface area contributed by atoms with Crippen molar-refractivity contribution in [2.75, 3.05) is 27.9 Å². The maximum atomic E-state index is 13.0. The largest absolute Gasteiger partial charge is 0.496 e. The maximum Gasteiger partial charge on any atom is 0.328 e. The molecule has 3 aromatic carbocycles. The summed E-state index contributed by atoms with van der Waals surface area (Å²) in [6.45, 7) is 2.32. The maximum absolute atomic E-state index is 13.0. The molecule has 0 saturated heterocycles. The molecule has 1 atom stereocenters. The Hall–Kier alpha value is -4.03. The lowest BCUT2D eigenvalue weighted by atomic mass is 9.98. The SMILES string of the molecule is CCOc1ccc(Br)c(C(=O)NC(Cc2ccc(-c3c(OC)cc(C#N)cc3OC)cc2)C(=O)OC)c1. The summed E-state index contributed by atoms with van der Waals surface area (Å²) in [5.41, 5.74) is 3.07. The highest BCUT2D eigenvalue weighted by Crippen LogP contribution is 2.39. The van der Waals surface area contributed by atoms with Crippen LogP contribution in [0.4, 0.5) is 0 Å². The molecule has 0 aliphatic heterocycles. The van der Waals surface area contributed by atoms with Gasteiger partial charge in [-0.05, 0) is 64.3 Å². The molecule has 0 aliphatic carbocycles. The molecule has 0 saturated carbocycles. The molecule has 0 heterocycles. The van der Waals surface area contributed by atoms with Gasteiger partial charge in [0.1, 0.15) is 23.3 Å². The molecule has 0 aromatic heterocycles. The van der Waals surface area contributed by atoms with Crippen LogP contribution in [0.25, 0.3) is 11.1 Å². The molecule has 0 radical (unpaired) electrons. The average Bonchev–Trinajstić information content (AvgIpc) is 2.92. The van der Waals surface area contributed by atoms with Crippen molar-refractivity contribution in [1.82, 2.24) is 5.32 Å². The first-order valence-electron chi connectivity index (χ1n) is 11.4. The van der Waals surface area contributed by atoms with Crippen LogP contribution in [0.15, 0.2) is 59.1 Å². The van der Waals surface area contributed by atoms with Gasteiger partial charge in [-0.25, -0.2) is 4.79 Å². The summed E-state index contributed by atoms with van der Waals surface area (Å²) < 4.78 is 22.0. The summed E-state index contributed by atoms with van der Waals surface area (Å²) in [4.78, 5) is 25.5. The summed E-state index contributed by atoms with van der Waals surface area (Å²) in [5.74, 6) is 0.554. The van der Waals surface area contributed by atoms with Gasteiger partial charge < -0.3 is 24.3 Å². The number of methoxy groups -OCH3 is 3. The first-order valence-corrected chi connectivity index (χ1v) is 12.2. The average molecular weight is 567 g/mol. The van der Waals surface area contributed by atoms with Crippen molar-refractivity contribution in [1.29, 1.82) is 5.26 Å². The second kappa shape index (κ2) is 12.8. The normalized spacial score (nSPS) is 11.1. The van der Waals surface area contributed by atoms with E-state index in [1.807, 2.05) is 31.2 Å². The van der Waals surface area contributed by atoms with Crippen molar-refractivity contribution >= 4 is 27.8 Å². The fourth-order valence-electron chi connectivity index (χ4n) is 3.81. The van der Waals surface area contributed by atoms with Crippen LogP contribution < -0.4 is 19.5 Å². The number of carbonyl (C=O) groups is 2. The summed E-state index contributed by atoms with van der Waals surface area (Å²) >= 11 is 3.38. The third-order valence-corrected chi connectivity index (χ3v) is 6.29. The minimum absolute atomic E-state index is 0.211. The molecule has 1 N–H and O–H groups in total. The number of rotatable bonds is 10. The van der Waals surface area contributed by atoms with Crippen molar-refractivity contribution in [3.8, 4) is 34.4 Å². The standard InChI is InChI=1S/C28H27BrN2O6/c1-5-37-20-10-11-22(29)21(15-20)27(32)31-23(28(33)36-4)12-17-6-8-19(9-7-17)26-24(34-2)13-18(16-30)14-25(26)35-3/h6-11,13-15,23H,5,12H2,1-4H3,(H,31,32). The third-order valence-electron chi connectivity index (χ3n) is 5.60. The van der Waals surface area contributed by atoms with Gasteiger partial charge in [0.15, 0.2) is 0 Å². The van der Waals surface area contributed by atoms with E-state index in [1.54, 1.807) is 30.3 Å². The number of benzene rings is 3. The fraction of sp³-hybridized carbons (Fsp3) is 0.250. The first-order chi connectivity index (χ1) is 17.8. The van der Waals surface area contributed by atoms with Crippen LogP contribution in [-0.2, 0) is 16.0 Å². The van der Waals surface area contributed by atoms with E-state index in [-0.39, 0.29) is 6.42 Å². The van der Waals surface area contributed by atoms with E-state index in [1.165, 1.54) is 21.3 Å². The summed E-state index contributed by atoms with van der Waals surface area (Å²) in [6.07, 6.45) is 0.211. The van der Waals surface area contributed by atoms with Gasteiger partial charge in [0.05, 0.1) is 50.7 Å². The monoisotopic (exact) mass is 566 g/mol. The molecule has 192 valence electrons. The Kier molecular flexibility index (Phi) is 9.52. The van der Waals surface area contributed by atoms with Gasteiger partial charge in [0, 0.05) is 10.9 Å². The van der Waals surface area contributed by atoms with Crippen LogP contribution >= 0.6 is 15.9 Å². The zero-order valence-corrected chi connectivity index (χ0v) is 22.5. The number of nitrogens with zero attached hydrogens (tertiary/aromatic N) is 1. The Labute approximate surface area is 224 Å². The van der Waals surface area contributed by atoms with Gasteiger partial charge in [-0.2, -0.15) is 5.26 Å². The van der Waals surface area contributed by atoms with E-state index >= 15 is 0 Å². The number of carbonyl (C=O) groups excluding carboxylic acids is 2. The zero-order chi connectivity index (χ0) is 26.9. The molecular weight excluding hydrogens is 540 g/mol. The van der Waals surface area contributed by atoms with Crippen molar-refractivity contribution < 1.29 is 28.5 Å². The van der Waals surface area contributed by atoms with E-state index in [0.717, 1.165) is 11.1 Å². The van der Waals surface area contributed by atoms with E-state index in [4.69, 9.17) is 18.9 Å². The van der Waals surface area contributed by atoms with Crippen molar-refractivity contribution in [2.45, 2.75) is 19.4 Å². The predicted octanol–water partition coefficient (Wildman–Crippen LogP) is 4.92. The van der Waals surface area contributed by atoms with Gasteiger partial charge >= 0.3 is 5.97 Å². The molecular formula is C28H27BrN2O6. The van der Waals surface area contributed by atoms with Gasteiger partial charge in [-0.3, -0.25) is 4.79 Å². The molecule has 0 fully saturated rings. The van der Waals surface area contributed by atoms with Gasteiger partial charge in [-0.1, -0.05) is 24.3 Å². The molecule has 1 amide bonds. The first kappa shape index (κ1) is 27.6. The number of hydrogen-bond donors (Lipinski definition) is 1. The third kappa shape index (κ3) is 6.60. The van der Waals surface area contributed by atoms with Crippen LogP contribution in [0.1, 0.15) is 28.4 Å². The zero-order valence-electron chi connectivity index (χ0n) is 21.0. The Morgan fingerprint density at radius 2 is 1.65 bits per heavy atom. The van der Waals surface area contributed by atoms with Crippen LogP contribution in [0, 0.1) is 11.3 Å². The molecule has 8 nitrogen and oxygen atoms in total. The topological polar surface area (TPSA) is 107 Å². The highest BCUT2D eigenvalue weighted by atomic mass is 79.9. The molecule has 1 unspecified atom stereocenters. The molecule has 37 heavy (non-hydrogen) atoms. The van der Waals surface area contributed by atoms with E-state index in [9.17, 15) is 14.9 Å². The van der Waals surface area contributed by atoms with Crippen molar-refractivity contribution in [3.63, 3.8) is 0 Å². The van der Waals surface area contributed by atoms with Crippen LogP contribution in [-0.4, -0.2) is 45.9 Å². The molecule has 3 rings (SSSR count). The highest BCUT2D eigenvalue weighted by molar-refractivity contribution is 9.10. The second-order valence-corrected chi connectivity index (χ2v) is 8.75. The minimum Gasteiger partial charge on any atom is -0.496 e. The number of nitriles is 1. The Balaban J connectivity index is 1.85. The molecule has 9 heteroatoms. The quantitative estimate of drug-likeness (QED) is 0.347. The Morgan fingerprint density at radius 3 is 2.19 bits per heavy atom. The Morgan fingerprint density at radius 1 is 1.00 bits per heavy atom. The predicted molar refractivity (Wildman–Crippen MR) is 142 cm³/mol. The van der Waals surface area contributed by atoms with Crippen molar-refractivity contribution in [3.05, 3.63) is 75.8 Å². The number of halogens is 1. The van der Waals surface area contributed by atoms with Gasteiger partial charge in [0.2, 0.25) is 0 Å². The molecule has 3 aromatic rings. The summed E-state index contributed by atoms with van der Waals surface area (Å²) in [6, 6.07) is 17.0. The number of ether oxygens (including phenoxy) is 4. The number of nitrogens with one attached hydrogen (secondary N) is 1. The lowest BCUT2D eigenvalue weighted by Crippen LogP contribution is -2.43. The van der Waals surface area contributed by atoms with Gasteiger partial charge in [-0.15, -0.1) is 0 Å². The highest BCUT2D eigenvalue weighted by Gasteiger charge is 2.24. The number of esters is 1. The minimum atomic E-state index is -0.912.